The number of hydrogen-bond acceptors (Lipinski definition) is 3. The van der Waals surface area contributed by atoms with Crippen LogP contribution in [0.25, 0.3) is 0 Å². The van der Waals surface area contributed by atoms with Crippen molar-refractivity contribution in [3.05, 3.63) is 0 Å². The Morgan fingerprint density at radius 3 is 2.89 bits per heavy atom. The Balaban J connectivity index is 2.97. The highest BCUT2D eigenvalue weighted by Gasteiger charge is 1.91. The van der Waals surface area contributed by atoms with Crippen LogP contribution in [0.4, 0.5) is 4.79 Å². The summed E-state index contributed by atoms with van der Waals surface area (Å²) in [4.78, 5) is 14.8. The first-order chi connectivity index (χ1) is 4.31. The summed E-state index contributed by atoms with van der Waals surface area (Å²) in [6, 6.07) is -0.538. The van der Waals surface area contributed by atoms with Gasteiger partial charge in [0.1, 0.15) is 0 Å². The zero-order chi connectivity index (χ0) is 7.11. The first-order valence-corrected chi connectivity index (χ1v) is 2.69. The Bertz CT molecular complexity index is 85.9. The van der Waals surface area contributed by atoms with Crippen molar-refractivity contribution in [1.82, 2.24) is 10.9 Å². The molecule has 0 rings (SSSR count). The molecule has 0 radical (unpaired) electrons. The number of hydrogen-bond donors (Lipinski definition) is 3. The minimum Gasteiger partial charge on any atom is -0.274 e. The van der Waals surface area contributed by atoms with Gasteiger partial charge in [-0.15, -0.1) is 0 Å². The monoisotopic (exact) mass is 133 g/mol. The number of urea groups is 1. The fourth-order valence-corrected chi connectivity index (χ4v) is 0.248. The summed E-state index contributed by atoms with van der Waals surface area (Å²) >= 11 is 0. The van der Waals surface area contributed by atoms with E-state index in [0.717, 1.165) is 6.42 Å². The number of rotatable bonds is 3. The molecular formula is C4H11N3O2. The Labute approximate surface area is 53.5 Å². The molecule has 0 spiro atoms. The van der Waals surface area contributed by atoms with Crippen molar-refractivity contribution in [1.29, 1.82) is 0 Å². The normalized spacial score (nSPS) is 8.67. The van der Waals surface area contributed by atoms with Crippen LogP contribution in [0.3, 0.4) is 0 Å². The van der Waals surface area contributed by atoms with Crippen LogP contribution in [0.1, 0.15) is 13.3 Å². The van der Waals surface area contributed by atoms with Crippen molar-refractivity contribution in [2.24, 2.45) is 5.84 Å². The third-order valence-electron chi connectivity index (χ3n) is 0.602. The molecule has 0 aromatic heterocycles. The van der Waals surface area contributed by atoms with Gasteiger partial charge in [0.05, 0.1) is 6.61 Å². The van der Waals surface area contributed by atoms with Crippen molar-refractivity contribution < 1.29 is 9.63 Å². The number of amides is 2. The van der Waals surface area contributed by atoms with Crippen LogP contribution in [0.2, 0.25) is 0 Å². The van der Waals surface area contributed by atoms with Crippen molar-refractivity contribution in [3.63, 3.8) is 0 Å². The molecule has 0 unspecified atom stereocenters. The quantitative estimate of drug-likeness (QED) is 0.210. The second-order valence-corrected chi connectivity index (χ2v) is 1.42. The SMILES string of the molecule is CCCONC(=O)NN. The largest absolute Gasteiger partial charge is 0.352 e. The highest BCUT2D eigenvalue weighted by Crippen LogP contribution is 1.73. The summed E-state index contributed by atoms with van der Waals surface area (Å²) in [5.74, 6) is 4.71. The Hall–Kier alpha value is -0.810. The number of nitrogens with one attached hydrogen (secondary N) is 2. The van der Waals surface area contributed by atoms with Crippen LogP contribution >= 0.6 is 0 Å². The van der Waals surface area contributed by atoms with Crippen LogP contribution in [-0.4, -0.2) is 12.6 Å². The van der Waals surface area contributed by atoms with E-state index in [9.17, 15) is 4.79 Å². The molecule has 0 fully saturated rings. The van der Waals surface area contributed by atoms with Gasteiger partial charge in [-0.05, 0) is 6.42 Å². The van der Waals surface area contributed by atoms with Gasteiger partial charge in [0, 0.05) is 0 Å². The molecule has 5 heteroatoms. The van der Waals surface area contributed by atoms with Gasteiger partial charge in [-0.1, -0.05) is 6.92 Å². The molecule has 0 aromatic rings. The fraction of sp³-hybridized carbons (Fsp3) is 0.750. The minimum atomic E-state index is -0.538. The number of nitrogens with two attached hydrogens (primary N) is 1. The van der Waals surface area contributed by atoms with Crippen LogP contribution in [0.15, 0.2) is 0 Å². The lowest BCUT2D eigenvalue weighted by Gasteiger charge is -2.01. The fourth-order valence-electron chi connectivity index (χ4n) is 0.248. The number of hydroxylamine groups is 1. The van der Waals surface area contributed by atoms with Gasteiger partial charge in [-0.2, -0.15) is 0 Å². The third-order valence-corrected chi connectivity index (χ3v) is 0.602. The predicted molar refractivity (Wildman–Crippen MR) is 32.1 cm³/mol. The van der Waals surface area contributed by atoms with Crippen LogP contribution < -0.4 is 16.7 Å². The van der Waals surface area contributed by atoms with Gasteiger partial charge < -0.3 is 0 Å². The van der Waals surface area contributed by atoms with Gasteiger partial charge in [0.2, 0.25) is 0 Å². The summed E-state index contributed by atoms with van der Waals surface area (Å²) < 4.78 is 0. The molecule has 0 saturated heterocycles. The van der Waals surface area contributed by atoms with E-state index in [2.05, 4.69) is 10.3 Å². The van der Waals surface area contributed by atoms with E-state index < -0.39 is 6.03 Å². The highest BCUT2D eigenvalue weighted by atomic mass is 16.7. The number of carbonyl (C=O) groups excluding carboxylic acids is 1. The molecule has 54 valence electrons. The maximum Gasteiger partial charge on any atom is 0.352 e. The maximum atomic E-state index is 10.2. The molecule has 0 heterocycles. The van der Waals surface area contributed by atoms with Crippen molar-refractivity contribution in [2.45, 2.75) is 13.3 Å². The van der Waals surface area contributed by atoms with Gasteiger partial charge in [-0.25, -0.2) is 16.1 Å². The molecule has 0 saturated carbocycles. The highest BCUT2D eigenvalue weighted by molar-refractivity contribution is 5.71. The summed E-state index contributed by atoms with van der Waals surface area (Å²) in [6.07, 6.45) is 0.852. The molecule has 9 heavy (non-hydrogen) atoms. The van der Waals surface area contributed by atoms with E-state index in [0.29, 0.717) is 6.61 Å². The smallest absolute Gasteiger partial charge is 0.274 e. The molecule has 0 atom stereocenters. The molecule has 0 aromatic carbocycles. The summed E-state index contributed by atoms with van der Waals surface area (Å²) in [6.45, 7) is 2.43. The topological polar surface area (TPSA) is 76.4 Å². The second kappa shape index (κ2) is 5.33. The summed E-state index contributed by atoms with van der Waals surface area (Å²) in [5.41, 5.74) is 3.91. The minimum absolute atomic E-state index is 0.493. The molecule has 0 aliphatic heterocycles. The number of hydrazine groups is 1. The Morgan fingerprint density at radius 1 is 1.78 bits per heavy atom. The van der Waals surface area contributed by atoms with Crippen molar-refractivity contribution >= 4 is 6.03 Å². The van der Waals surface area contributed by atoms with Crippen LogP contribution in [0.5, 0.6) is 0 Å². The van der Waals surface area contributed by atoms with E-state index in [1.807, 2.05) is 12.3 Å². The first-order valence-electron chi connectivity index (χ1n) is 2.69. The standard InChI is InChI=1S/C4H11N3O2/c1-2-3-9-7-4(8)6-5/h2-3,5H2,1H3,(H2,6,7,8). The van der Waals surface area contributed by atoms with Gasteiger partial charge in [0.15, 0.2) is 0 Å². The molecule has 0 bridgehead atoms. The summed E-state index contributed by atoms with van der Waals surface area (Å²) in [5, 5.41) is 0. The van der Waals surface area contributed by atoms with E-state index in [1.165, 1.54) is 0 Å². The Kier molecular flexibility index (Phi) is 4.85. The zero-order valence-electron chi connectivity index (χ0n) is 5.31. The van der Waals surface area contributed by atoms with Crippen molar-refractivity contribution in [2.75, 3.05) is 6.61 Å². The van der Waals surface area contributed by atoms with Gasteiger partial charge in [-0.3, -0.25) is 10.3 Å². The molecule has 0 aliphatic carbocycles. The molecule has 0 aliphatic rings. The molecular weight excluding hydrogens is 122 g/mol. The van der Waals surface area contributed by atoms with E-state index in [-0.39, 0.29) is 0 Å². The van der Waals surface area contributed by atoms with Crippen LogP contribution in [-0.2, 0) is 4.84 Å². The second-order valence-electron chi connectivity index (χ2n) is 1.42. The third kappa shape index (κ3) is 5.05. The van der Waals surface area contributed by atoms with Crippen molar-refractivity contribution in [3.8, 4) is 0 Å². The summed E-state index contributed by atoms with van der Waals surface area (Å²) in [7, 11) is 0. The number of carbonyl (C=O) groups is 1. The van der Waals surface area contributed by atoms with Gasteiger partial charge >= 0.3 is 6.03 Å². The van der Waals surface area contributed by atoms with Crippen LogP contribution in [0, 0.1) is 0 Å². The average Bonchev–Trinajstić information content (AvgIpc) is 1.89. The molecule has 4 N–H and O–H groups in total. The first kappa shape index (κ1) is 8.19. The van der Waals surface area contributed by atoms with E-state index >= 15 is 0 Å². The lowest BCUT2D eigenvalue weighted by Crippen LogP contribution is -2.39. The molecule has 2 amide bonds. The Morgan fingerprint density at radius 2 is 2.44 bits per heavy atom. The molecule has 5 nitrogen and oxygen atoms in total. The lowest BCUT2D eigenvalue weighted by atomic mass is 10.5. The lowest BCUT2D eigenvalue weighted by molar-refractivity contribution is 0.0617. The zero-order valence-corrected chi connectivity index (χ0v) is 5.31. The van der Waals surface area contributed by atoms with E-state index in [1.54, 1.807) is 0 Å². The average molecular weight is 133 g/mol. The maximum absolute atomic E-state index is 10.2. The predicted octanol–water partition coefficient (Wildman–Crippen LogP) is -0.499. The van der Waals surface area contributed by atoms with E-state index in [4.69, 9.17) is 5.84 Å². The van der Waals surface area contributed by atoms with Gasteiger partial charge in [0.25, 0.3) is 0 Å².